The Morgan fingerprint density at radius 1 is 0.891 bits per heavy atom. The number of aromatic nitrogens is 1. The predicted molar refractivity (Wildman–Crippen MR) is 179 cm³/mol. The molecule has 1 fully saturated rings. The fourth-order valence-corrected chi connectivity index (χ4v) is 6.94. The Morgan fingerprint density at radius 3 is 2.11 bits per heavy atom. The highest BCUT2D eigenvalue weighted by molar-refractivity contribution is 5.84. The van der Waals surface area contributed by atoms with Crippen molar-refractivity contribution < 1.29 is 23.5 Å². The second kappa shape index (κ2) is 14.8. The lowest BCUT2D eigenvalue weighted by atomic mass is 9.83. The second-order valence-electron chi connectivity index (χ2n) is 13.7. The van der Waals surface area contributed by atoms with E-state index in [1.807, 2.05) is 53.7 Å². The van der Waals surface area contributed by atoms with Crippen molar-refractivity contribution in [3.05, 3.63) is 91.4 Å². The number of hydrogen-bond acceptors (Lipinski definition) is 4. The van der Waals surface area contributed by atoms with Crippen LogP contribution < -0.4 is 5.56 Å². The molecule has 0 spiro atoms. The van der Waals surface area contributed by atoms with Gasteiger partial charge in [0, 0.05) is 35.7 Å². The molecule has 0 radical (unpaired) electrons. The smallest absolute Gasteiger partial charge is 0.303 e. The summed E-state index contributed by atoms with van der Waals surface area (Å²) in [6, 6.07) is 5.96. The molecule has 2 aromatic carbocycles. The number of benzene rings is 2. The summed E-state index contributed by atoms with van der Waals surface area (Å²) >= 11 is 0. The zero-order chi connectivity index (χ0) is 33.9. The number of carbonyl (C=O) groups is 2. The molecule has 0 bridgehead atoms. The fourth-order valence-electron chi connectivity index (χ4n) is 6.94. The summed E-state index contributed by atoms with van der Waals surface area (Å²) in [5.74, 6) is -4.61. The van der Waals surface area contributed by atoms with Crippen LogP contribution in [0.4, 0.5) is 8.78 Å². The van der Waals surface area contributed by atoms with Gasteiger partial charge in [0.1, 0.15) is 11.6 Å². The molecule has 0 aliphatic carbocycles. The molecule has 1 N–H and O–H groups in total. The molecule has 2 heterocycles. The van der Waals surface area contributed by atoms with Gasteiger partial charge in [-0.25, -0.2) is 8.78 Å². The summed E-state index contributed by atoms with van der Waals surface area (Å²) in [4.78, 5) is 41.9. The molecule has 4 rings (SSSR count). The van der Waals surface area contributed by atoms with E-state index in [2.05, 4.69) is 4.90 Å². The highest BCUT2D eigenvalue weighted by Gasteiger charge is 2.33. The molecule has 1 aliphatic rings. The first-order chi connectivity index (χ1) is 21.7. The van der Waals surface area contributed by atoms with Crippen LogP contribution in [0.1, 0.15) is 96.9 Å². The van der Waals surface area contributed by atoms with E-state index in [1.54, 1.807) is 12.3 Å². The highest BCUT2D eigenvalue weighted by Crippen LogP contribution is 2.39. The number of carboxylic acid groups (broad SMARTS) is 1. The number of carbonyl (C=O) groups excluding carboxylic acids is 1. The number of likely N-dealkylation sites (tertiary alicyclic amines) is 1. The number of carboxylic acids is 1. The molecule has 46 heavy (non-hydrogen) atoms. The molecule has 248 valence electrons. The van der Waals surface area contributed by atoms with Crippen LogP contribution in [0.3, 0.4) is 0 Å². The number of nitrogens with zero attached hydrogens (tertiary/aromatic N) is 2. The van der Waals surface area contributed by atoms with Crippen molar-refractivity contribution in [2.24, 2.45) is 5.92 Å². The minimum absolute atomic E-state index is 0.0291. The third-order valence-corrected chi connectivity index (χ3v) is 9.31. The van der Waals surface area contributed by atoms with Crippen LogP contribution in [0.2, 0.25) is 0 Å². The summed E-state index contributed by atoms with van der Waals surface area (Å²) in [7, 11) is 0. The van der Waals surface area contributed by atoms with E-state index >= 15 is 8.78 Å². The Hall–Kier alpha value is -3.65. The minimum atomic E-state index is -1.26. The molecule has 6 nitrogen and oxygen atoms in total. The van der Waals surface area contributed by atoms with Gasteiger partial charge in [0.15, 0.2) is 5.78 Å². The van der Waals surface area contributed by atoms with Gasteiger partial charge in [-0.1, -0.05) is 31.5 Å². The number of ketones is 1. The topological polar surface area (TPSA) is 79.6 Å². The van der Waals surface area contributed by atoms with Crippen molar-refractivity contribution in [2.45, 2.75) is 99.0 Å². The maximum Gasteiger partial charge on any atom is 0.303 e. The van der Waals surface area contributed by atoms with Crippen molar-refractivity contribution in [2.75, 3.05) is 19.6 Å². The fraction of sp³-hybridized carbons (Fsp3) is 0.500. The number of Topliss-reactive ketones (excluding diaryl/α,β-unsaturated/α-hetero) is 1. The quantitative estimate of drug-likeness (QED) is 0.196. The SMILES string of the molecule is Cc1cc(C)c(-c2cc(C)c(F)c([C@H](CC(=O)O)CC(=O)C(CC(C)C)n3cc(CCCN4CCC4)c(C)cc3=O)c2F)c(C)c1. The van der Waals surface area contributed by atoms with Gasteiger partial charge >= 0.3 is 5.97 Å². The van der Waals surface area contributed by atoms with Gasteiger partial charge in [0.25, 0.3) is 5.56 Å². The third-order valence-electron chi connectivity index (χ3n) is 9.31. The van der Waals surface area contributed by atoms with Crippen LogP contribution in [-0.2, 0) is 16.0 Å². The molecular formula is C38H48F2N2O4. The van der Waals surface area contributed by atoms with Crippen molar-refractivity contribution in [1.29, 1.82) is 0 Å². The Balaban J connectivity index is 1.74. The standard InChI is InChI=1S/C38H48F2N2O4/c1-22(2)14-31(42-21-28(24(4)18-33(42)44)10-8-11-41-12-9-13-41)32(43)19-29(20-34(45)46)36-37(39)27(7)17-30(38(36)40)35-25(5)15-23(3)16-26(35)6/h15-18,21-22,29,31H,8-14,19-20H2,1-7H3,(H,45,46)/t29-,31?/m0/s1. The summed E-state index contributed by atoms with van der Waals surface area (Å²) < 4.78 is 33.8. The molecule has 2 atom stereocenters. The number of hydrogen-bond donors (Lipinski definition) is 1. The van der Waals surface area contributed by atoms with E-state index in [1.165, 1.54) is 24.0 Å². The molecular weight excluding hydrogens is 586 g/mol. The lowest BCUT2D eigenvalue weighted by Gasteiger charge is -2.30. The number of aryl methyl sites for hydroxylation is 6. The van der Waals surface area contributed by atoms with E-state index in [4.69, 9.17) is 0 Å². The maximum atomic E-state index is 16.5. The first kappa shape index (κ1) is 35.2. The van der Waals surface area contributed by atoms with Gasteiger partial charge in [-0.3, -0.25) is 14.4 Å². The van der Waals surface area contributed by atoms with Crippen molar-refractivity contribution in [3.63, 3.8) is 0 Å². The lowest BCUT2D eigenvalue weighted by molar-refractivity contribution is -0.137. The third kappa shape index (κ3) is 8.00. The lowest BCUT2D eigenvalue weighted by Crippen LogP contribution is -2.37. The predicted octanol–water partition coefficient (Wildman–Crippen LogP) is 7.78. The van der Waals surface area contributed by atoms with Crippen LogP contribution in [0.15, 0.2) is 35.3 Å². The van der Waals surface area contributed by atoms with Gasteiger partial charge in [0.05, 0.1) is 12.5 Å². The van der Waals surface area contributed by atoms with Crippen LogP contribution in [-0.4, -0.2) is 46.0 Å². The van der Waals surface area contributed by atoms with Crippen molar-refractivity contribution in [1.82, 2.24) is 9.47 Å². The number of pyridine rings is 1. The summed E-state index contributed by atoms with van der Waals surface area (Å²) in [6.45, 7) is 16.2. The highest BCUT2D eigenvalue weighted by atomic mass is 19.1. The van der Waals surface area contributed by atoms with E-state index in [0.717, 1.165) is 60.3 Å². The zero-order valence-electron chi connectivity index (χ0n) is 28.3. The monoisotopic (exact) mass is 634 g/mol. The van der Waals surface area contributed by atoms with Gasteiger partial charge in [-0.2, -0.15) is 0 Å². The van der Waals surface area contributed by atoms with Gasteiger partial charge < -0.3 is 14.6 Å². The Bertz CT molecular complexity index is 1650. The van der Waals surface area contributed by atoms with Gasteiger partial charge in [0.2, 0.25) is 0 Å². The number of halogens is 2. The van der Waals surface area contributed by atoms with Crippen LogP contribution in [0, 0.1) is 52.2 Å². The Labute approximate surface area is 271 Å². The van der Waals surface area contributed by atoms with Crippen LogP contribution in [0.5, 0.6) is 0 Å². The number of aliphatic carboxylic acids is 1. The summed E-state index contributed by atoms with van der Waals surface area (Å²) in [6.07, 6.45) is 3.95. The molecule has 0 amide bonds. The molecule has 8 heteroatoms. The Morgan fingerprint density at radius 2 is 1.54 bits per heavy atom. The zero-order valence-corrected chi connectivity index (χ0v) is 28.3. The first-order valence-electron chi connectivity index (χ1n) is 16.4. The molecule has 0 saturated carbocycles. The van der Waals surface area contributed by atoms with Crippen molar-refractivity contribution in [3.8, 4) is 11.1 Å². The molecule has 3 aromatic rings. The van der Waals surface area contributed by atoms with Gasteiger partial charge in [-0.05, 0) is 125 Å². The van der Waals surface area contributed by atoms with E-state index in [9.17, 15) is 19.5 Å². The molecule has 1 aromatic heterocycles. The average Bonchev–Trinajstić information content (AvgIpc) is 2.91. The molecule has 1 saturated heterocycles. The van der Waals surface area contributed by atoms with Crippen LogP contribution in [0.25, 0.3) is 11.1 Å². The molecule has 1 aliphatic heterocycles. The first-order valence-corrected chi connectivity index (χ1v) is 16.4. The van der Waals surface area contributed by atoms with Crippen molar-refractivity contribution >= 4 is 11.8 Å². The minimum Gasteiger partial charge on any atom is -0.481 e. The molecule has 1 unspecified atom stereocenters. The average molecular weight is 635 g/mol. The summed E-state index contributed by atoms with van der Waals surface area (Å²) in [5, 5.41) is 9.85. The number of rotatable bonds is 14. The Kier molecular flexibility index (Phi) is 11.4. The van der Waals surface area contributed by atoms with Crippen LogP contribution >= 0.6 is 0 Å². The van der Waals surface area contributed by atoms with E-state index < -0.39 is 53.8 Å². The van der Waals surface area contributed by atoms with Gasteiger partial charge in [-0.15, -0.1) is 0 Å². The maximum absolute atomic E-state index is 16.5. The normalized spacial score (nSPS) is 14.7. The van der Waals surface area contributed by atoms with E-state index in [-0.39, 0.29) is 22.6 Å². The largest absolute Gasteiger partial charge is 0.481 e. The summed E-state index contributed by atoms with van der Waals surface area (Å²) in [5.41, 5.74) is 4.75. The van der Waals surface area contributed by atoms with E-state index in [0.29, 0.717) is 12.0 Å². The second-order valence-corrected chi connectivity index (χ2v) is 13.7.